The molecule has 1 heterocycles. The van der Waals surface area contributed by atoms with Crippen LogP contribution >= 0.6 is 11.8 Å². The van der Waals surface area contributed by atoms with Crippen LogP contribution in [0.15, 0.2) is 72.8 Å². The van der Waals surface area contributed by atoms with E-state index in [1.807, 2.05) is 12.1 Å². The van der Waals surface area contributed by atoms with Crippen LogP contribution in [0.2, 0.25) is 0 Å². The third-order valence-electron chi connectivity index (χ3n) is 4.50. The second kappa shape index (κ2) is 8.05. The van der Waals surface area contributed by atoms with Gasteiger partial charge >= 0.3 is 0 Å². The summed E-state index contributed by atoms with van der Waals surface area (Å²) >= 11 is 1.35. The molecular weight excluding hydrogens is 394 g/mol. The Bertz CT molecular complexity index is 1080. The normalized spacial score (nSPS) is 16.1. The highest BCUT2D eigenvalue weighted by molar-refractivity contribution is 8.00. The Labute approximate surface area is 170 Å². The Balaban J connectivity index is 1.61. The van der Waals surface area contributed by atoms with Crippen molar-refractivity contribution < 1.29 is 18.4 Å². The van der Waals surface area contributed by atoms with Crippen molar-refractivity contribution in [3.63, 3.8) is 0 Å². The summed E-state index contributed by atoms with van der Waals surface area (Å²) in [6.45, 7) is 0. The van der Waals surface area contributed by atoms with E-state index in [9.17, 15) is 18.4 Å². The van der Waals surface area contributed by atoms with E-state index in [2.05, 4.69) is 5.32 Å². The highest BCUT2D eigenvalue weighted by atomic mass is 32.2. The van der Waals surface area contributed by atoms with E-state index in [1.54, 1.807) is 42.5 Å². The lowest BCUT2D eigenvalue weighted by molar-refractivity contribution is -0.115. The quantitative estimate of drug-likeness (QED) is 0.659. The minimum atomic E-state index is -0.792. The van der Waals surface area contributed by atoms with Crippen LogP contribution in [0, 0.1) is 11.6 Å². The summed E-state index contributed by atoms with van der Waals surface area (Å²) in [6.07, 6.45) is 0. The summed E-state index contributed by atoms with van der Waals surface area (Å²) in [4.78, 5) is 26.1. The number of amides is 2. The fourth-order valence-corrected chi connectivity index (χ4v) is 4.33. The van der Waals surface area contributed by atoms with E-state index >= 15 is 0 Å². The van der Waals surface area contributed by atoms with Crippen molar-refractivity contribution in [1.29, 1.82) is 0 Å². The van der Waals surface area contributed by atoms with Gasteiger partial charge in [-0.1, -0.05) is 30.3 Å². The fourth-order valence-electron chi connectivity index (χ4n) is 3.17. The van der Waals surface area contributed by atoms with Gasteiger partial charge in [0, 0.05) is 17.3 Å². The monoisotopic (exact) mass is 410 g/mol. The molecule has 4 rings (SSSR count). The molecule has 1 saturated heterocycles. The molecule has 3 aromatic rings. The van der Waals surface area contributed by atoms with Crippen molar-refractivity contribution >= 4 is 35.0 Å². The highest BCUT2D eigenvalue weighted by Crippen LogP contribution is 2.43. The van der Waals surface area contributed by atoms with Gasteiger partial charge in [-0.3, -0.25) is 14.5 Å². The Morgan fingerprint density at radius 1 is 1.00 bits per heavy atom. The van der Waals surface area contributed by atoms with Crippen LogP contribution in [0.3, 0.4) is 0 Å². The van der Waals surface area contributed by atoms with E-state index < -0.39 is 17.0 Å². The van der Waals surface area contributed by atoms with Gasteiger partial charge in [-0.25, -0.2) is 8.78 Å². The average molecular weight is 410 g/mol. The van der Waals surface area contributed by atoms with Crippen molar-refractivity contribution in [2.24, 2.45) is 0 Å². The number of halogens is 2. The first-order chi connectivity index (χ1) is 14.0. The number of nitrogens with one attached hydrogen (secondary N) is 1. The number of thioether (sulfide) groups is 1. The number of rotatable bonds is 4. The number of benzene rings is 3. The van der Waals surface area contributed by atoms with E-state index in [0.717, 1.165) is 17.7 Å². The zero-order valence-corrected chi connectivity index (χ0v) is 16.0. The number of hydrogen-bond donors (Lipinski definition) is 1. The number of carbonyl (C=O) groups is 2. The van der Waals surface area contributed by atoms with E-state index in [0.29, 0.717) is 11.3 Å². The molecule has 0 saturated carbocycles. The van der Waals surface area contributed by atoms with Gasteiger partial charge in [0.05, 0.1) is 11.4 Å². The summed E-state index contributed by atoms with van der Waals surface area (Å²) in [5.41, 5.74) is 1.86. The highest BCUT2D eigenvalue weighted by Gasteiger charge is 2.35. The molecule has 0 aliphatic carbocycles. The molecule has 1 aliphatic heterocycles. The van der Waals surface area contributed by atoms with E-state index in [4.69, 9.17) is 0 Å². The molecular formula is C22H16F2N2O2S. The van der Waals surface area contributed by atoms with Crippen LogP contribution in [0.4, 0.5) is 20.2 Å². The predicted molar refractivity (Wildman–Crippen MR) is 110 cm³/mol. The number of carbonyl (C=O) groups excluding carboxylic acids is 2. The molecule has 146 valence electrons. The van der Waals surface area contributed by atoms with Crippen LogP contribution < -0.4 is 10.2 Å². The zero-order chi connectivity index (χ0) is 20.4. The zero-order valence-electron chi connectivity index (χ0n) is 15.1. The molecule has 0 bridgehead atoms. The molecule has 1 atom stereocenters. The largest absolute Gasteiger partial charge is 0.322 e. The Morgan fingerprint density at radius 3 is 2.55 bits per heavy atom. The molecule has 0 spiro atoms. The van der Waals surface area contributed by atoms with Crippen LogP contribution in [0.5, 0.6) is 0 Å². The second-order valence-corrected chi connectivity index (χ2v) is 7.54. The van der Waals surface area contributed by atoms with Gasteiger partial charge in [0.1, 0.15) is 17.0 Å². The SMILES string of the molecule is O=C(Nc1cccc([C@H]2SCC(=O)N2c2ccc(F)cc2F)c1)c1ccccc1. The molecule has 7 heteroatoms. The molecule has 1 fully saturated rings. The molecule has 0 unspecified atom stereocenters. The third-order valence-corrected chi connectivity index (χ3v) is 5.72. The Hall–Kier alpha value is -3.19. The van der Waals surface area contributed by atoms with Gasteiger partial charge in [-0.15, -0.1) is 11.8 Å². The molecule has 2 amide bonds. The summed E-state index contributed by atoms with van der Waals surface area (Å²) in [5, 5.41) is 2.36. The first-order valence-electron chi connectivity index (χ1n) is 8.88. The molecule has 1 N–H and O–H groups in total. The molecule has 29 heavy (non-hydrogen) atoms. The first-order valence-corrected chi connectivity index (χ1v) is 9.93. The minimum absolute atomic E-state index is 0.0325. The summed E-state index contributed by atoms with van der Waals surface area (Å²) in [7, 11) is 0. The van der Waals surface area contributed by atoms with E-state index in [-0.39, 0.29) is 23.3 Å². The summed E-state index contributed by atoms with van der Waals surface area (Å²) in [5.74, 6) is -1.82. The lowest BCUT2D eigenvalue weighted by atomic mass is 10.1. The molecule has 3 aromatic carbocycles. The second-order valence-electron chi connectivity index (χ2n) is 6.47. The van der Waals surface area contributed by atoms with E-state index in [1.165, 1.54) is 22.7 Å². The Kier molecular flexibility index (Phi) is 5.31. The molecule has 0 radical (unpaired) electrons. The van der Waals surface area contributed by atoms with Crippen LogP contribution in [-0.2, 0) is 4.79 Å². The maximum absolute atomic E-state index is 14.3. The third kappa shape index (κ3) is 4.00. The van der Waals surface area contributed by atoms with Crippen molar-refractivity contribution in [3.8, 4) is 0 Å². The van der Waals surface area contributed by atoms with Gasteiger partial charge in [0.25, 0.3) is 5.91 Å². The lowest BCUT2D eigenvalue weighted by Gasteiger charge is -2.25. The van der Waals surface area contributed by atoms with Crippen LogP contribution in [-0.4, -0.2) is 17.6 Å². The molecule has 1 aliphatic rings. The standard InChI is InChI=1S/C22H16F2N2O2S/c23-16-9-10-19(18(24)12-16)26-20(27)13-29-22(26)15-7-4-8-17(11-15)25-21(28)14-5-2-1-3-6-14/h1-12,22H,13H2,(H,25,28)/t22-/m1/s1. The van der Waals surface area contributed by atoms with Crippen molar-refractivity contribution in [2.75, 3.05) is 16.0 Å². The maximum atomic E-state index is 14.3. The smallest absolute Gasteiger partial charge is 0.255 e. The maximum Gasteiger partial charge on any atom is 0.255 e. The van der Waals surface area contributed by atoms with Gasteiger partial charge in [-0.05, 0) is 42.0 Å². The number of nitrogens with zero attached hydrogens (tertiary/aromatic N) is 1. The molecule has 0 aromatic heterocycles. The van der Waals surface area contributed by atoms with Crippen molar-refractivity contribution in [3.05, 3.63) is 95.6 Å². The Morgan fingerprint density at radius 2 is 1.79 bits per heavy atom. The fraction of sp³-hybridized carbons (Fsp3) is 0.0909. The van der Waals surface area contributed by atoms with Gasteiger partial charge in [0.2, 0.25) is 5.91 Å². The van der Waals surface area contributed by atoms with Crippen molar-refractivity contribution in [1.82, 2.24) is 0 Å². The molecule has 4 nitrogen and oxygen atoms in total. The van der Waals surface area contributed by atoms with Crippen molar-refractivity contribution in [2.45, 2.75) is 5.37 Å². The predicted octanol–water partition coefficient (Wildman–Crippen LogP) is 5.00. The summed E-state index contributed by atoms with van der Waals surface area (Å²) in [6, 6.07) is 19.0. The minimum Gasteiger partial charge on any atom is -0.322 e. The number of hydrogen-bond acceptors (Lipinski definition) is 3. The van der Waals surface area contributed by atoms with Gasteiger partial charge < -0.3 is 5.32 Å². The van der Waals surface area contributed by atoms with Gasteiger partial charge in [-0.2, -0.15) is 0 Å². The summed E-state index contributed by atoms with van der Waals surface area (Å²) < 4.78 is 27.6. The van der Waals surface area contributed by atoms with Gasteiger partial charge in [0.15, 0.2) is 0 Å². The van der Waals surface area contributed by atoms with Crippen LogP contribution in [0.25, 0.3) is 0 Å². The average Bonchev–Trinajstić information content (AvgIpc) is 3.10. The lowest BCUT2D eigenvalue weighted by Crippen LogP contribution is -2.28. The number of anilines is 2. The first kappa shape index (κ1) is 19.1. The van der Waals surface area contributed by atoms with Crippen LogP contribution in [0.1, 0.15) is 21.3 Å². The topological polar surface area (TPSA) is 49.4 Å².